The van der Waals surface area contributed by atoms with Crippen LogP contribution < -0.4 is 19.5 Å². The number of unbranched alkanes of at least 4 members (excludes halogenated alkanes) is 1. The Morgan fingerprint density at radius 1 is 0.720 bits per heavy atom. The molecule has 0 spiro atoms. The van der Waals surface area contributed by atoms with Crippen molar-refractivity contribution in [3.05, 3.63) is 54.6 Å². The summed E-state index contributed by atoms with van der Waals surface area (Å²) in [5.74, 6) is 2.54. The minimum Gasteiger partial charge on any atom is -0.494 e. The van der Waals surface area contributed by atoms with Gasteiger partial charge in [-0.3, -0.25) is 0 Å². The molecule has 0 saturated heterocycles. The van der Waals surface area contributed by atoms with Gasteiger partial charge in [0.1, 0.15) is 12.4 Å². The average molecular weight is 366 g/mol. The van der Waals surface area contributed by atoms with Crippen LogP contribution in [0.3, 0.4) is 0 Å². The molecule has 1 N–H and O–H groups in total. The molecule has 2 aromatic rings. The number of ether oxygens (including phenoxy) is 3. The van der Waals surface area contributed by atoms with E-state index in [1.807, 2.05) is 61.5 Å². The third kappa shape index (κ3) is 8.66. The number of rotatable bonds is 12. The lowest BCUT2D eigenvalue weighted by Gasteiger charge is -2.12. The van der Waals surface area contributed by atoms with Crippen molar-refractivity contribution in [2.75, 3.05) is 32.9 Å². The van der Waals surface area contributed by atoms with E-state index in [0.717, 1.165) is 49.8 Å². The maximum atomic E-state index is 5.76. The predicted molar refractivity (Wildman–Crippen MR) is 104 cm³/mol. The largest absolute Gasteiger partial charge is 0.494 e. The first-order valence-electron chi connectivity index (χ1n) is 8.63. The fraction of sp³-hybridized carbons (Fsp3) is 0.400. The molecule has 5 heteroatoms. The SMILES string of the molecule is CCOc1ccccc1OCCNCCCCOc1ccccc1.Cl. The van der Waals surface area contributed by atoms with E-state index in [9.17, 15) is 0 Å². The number of hydrogen-bond acceptors (Lipinski definition) is 4. The first kappa shape index (κ1) is 21.1. The topological polar surface area (TPSA) is 39.7 Å². The molecule has 0 unspecified atom stereocenters. The van der Waals surface area contributed by atoms with Crippen LogP contribution in [0, 0.1) is 0 Å². The Balaban J connectivity index is 0.00000312. The number of benzene rings is 2. The van der Waals surface area contributed by atoms with Gasteiger partial charge < -0.3 is 19.5 Å². The van der Waals surface area contributed by atoms with Gasteiger partial charge >= 0.3 is 0 Å². The van der Waals surface area contributed by atoms with Crippen LogP contribution in [-0.4, -0.2) is 32.9 Å². The standard InChI is InChI=1S/C20H27NO3.ClH/c1-2-22-19-12-6-7-13-20(19)24-17-15-21-14-8-9-16-23-18-10-4-3-5-11-18;/h3-7,10-13,21H,2,8-9,14-17H2,1H3;1H. The van der Waals surface area contributed by atoms with Gasteiger partial charge in [0, 0.05) is 6.54 Å². The lowest BCUT2D eigenvalue weighted by molar-refractivity contribution is 0.274. The highest BCUT2D eigenvalue weighted by Crippen LogP contribution is 2.25. The number of para-hydroxylation sites is 3. The normalized spacial score (nSPS) is 9.96. The fourth-order valence-corrected chi connectivity index (χ4v) is 2.26. The van der Waals surface area contributed by atoms with Crippen LogP contribution in [0.5, 0.6) is 17.2 Å². The molecular formula is C20H28ClNO3. The zero-order chi connectivity index (χ0) is 16.9. The fourth-order valence-electron chi connectivity index (χ4n) is 2.26. The second-order valence-electron chi connectivity index (χ2n) is 5.35. The molecule has 0 saturated carbocycles. The maximum Gasteiger partial charge on any atom is 0.161 e. The van der Waals surface area contributed by atoms with Crippen LogP contribution >= 0.6 is 12.4 Å². The number of hydrogen-bond donors (Lipinski definition) is 1. The molecule has 25 heavy (non-hydrogen) atoms. The summed E-state index contributed by atoms with van der Waals surface area (Å²) in [5, 5.41) is 3.38. The minimum absolute atomic E-state index is 0. The monoisotopic (exact) mass is 365 g/mol. The van der Waals surface area contributed by atoms with Gasteiger partial charge in [-0.2, -0.15) is 0 Å². The summed E-state index contributed by atoms with van der Waals surface area (Å²) in [6.07, 6.45) is 2.12. The van der Waals surface area contributed by atoms with E-state index in [0.29, 0.717) is 13.2 Å². The first-order chi connectivity index (χ1) is 11.9. The van der Waals surface area contributed by atoms with Gasteiger partial charge in [0.05, 0.1) is 13.2 Å². The van der Waals surface area contributed by atoms with Crippen LogP contribution in [-0.2, 0) is 0 Å². The zero-order valence-electron chi connectivity index (χ0n) is 14.8. The van der Waals surface area contributed by atoms with Crippen molar-refractivity contribution in [3.8, 4) is 17.2 Å². The first-order valence-corrected chi connectivity index (χ1v) is 8.63. The van der Waals surface area contributed by atoms with E-state index >= 15 is 0 Å². The second-order valence-corrected chi connectivity index (χ2v) is 5.35. The molecule has 2 rings (SSSR count). The van der Waals surface area contributed by atoms with Crippen LogP contribution in [0.4, 0.5) is 0 Å². The van der Waals surface area contributed by atoms with Crippen molar-refractivity contribution >= 4 is 12.4 Å². The Kier molecular flexibility index (Phi) is 11.3. The summed E-state index contributed by atoms with van der Waals surface area (Å²) >= 11 is 0. The smallest absolute Gasteiger partial charge is 0.161 e. The Hall–Kier alpha value is -1.91. The average Bonchev–Trinajstić information content (AvgIpc) is 2.63. The molecule has 2 aromatic carbocycles. The van der Waals surface area contributed by atoms with Gasteiger partial charge in [-0.1, -0.05) is 30.3 Å². The van der Waals surface area contributed by atoms with Crippen LogP contribution in [0.1, 0.15) is 19.8 Å². The maximum absolute atomic E-state index is 5.76. The number of halogens is 1. The Labute approximate surface area is 156 Å². The highest BCUT2D eigenvalue weighted by molar-refractivity contribution is 5.85. The molecule has 0 atom stereocenters. The van der Waals surface area contributed by atoms with Crippen molar-refractivity contribution in [2.24, 2.45) is 0 Å². The quantitative estimate of drug-likeness (QED) is 0.568. The Morgan fingerprint density at radius 2 is 1.40 bits per heavy atom. The Bertz CT molecular complexity index is 566. The van der Waals surface area contributed by atoms with Crippen molar-refractivity contribution in [1.82, 2.24) is 5.32 Å². The minimum atomic E-state index is 0. The van der Waals surface area contributed by atoms with E-state index < -0.39 is 0 Å². The summed E-state index contributed by atoms with van der Waals surface area (Å²) in [6.45, 7) is 5.78. The van der Waals surface area contributed by atoms with Gasteiger partial charge in [-0.15, -0.1) is 12.4 Å². The van der Waals surface area contributed by atoms with Gasteiger partial charge in [0.25, 0.3) is 0 Å². The molecule has 0 amide bonds. The summed E-state index contributed by atoms with van der Waals surface area (Å²) in [7, 11) is 0. The summed E-state index contributed by atoms with van der Waals surface area (Å²) in [5.41, 5.74) is 0. The van der Waals surface area contributed by atoms with E-state index in [1.54, 1.807) is 0 Å². The van der Waals surface area contributed by atoms with Gasteiger partial charge in [0.2, 0.25) is 0 Å². The third-order valence-corrected chi connectivity index (χ3v) is 3.45. The third-order valence-electron chi connectivity index (χ3n) is 3.45. The Morgan fingerprint density at radius 3 is 2.12 bits per heavy atom. The van der Waals surface area contributed by atoms with Crippen molar-refractivity contribution in [3.63, 3.8) is 0 Å². The van der Waals surface area contributed by atoms with E-state index in [-0.39, 0.29) is 12.4 Å². The second kappa shape index (κ2) is 13.4. The van der Waals surface area contributed by atoms with Crippen molar-refractivity contribution < 1.29 is 14.2 Å². The molecule has 0 aliphatic carbocycles. The highest BCUT2D eigenvalue weighted by atomic mass is 35.5. The molecule has 0 fully saturated rings. The van der Waals surface area contributed by atoms with Crippen LogP contribution in [0.25, 0.3) is 0 Å². The molecular weight excluding hydrogens is 338 g/mol. The van der Waals surface area contributed by atoms with Crippen LogP contribution in [0.2, 0.25) is 0 Å². The molecule has 0 aliphatic rings. The van der Waals surface area contributed by atoms with E-state index in [2.05, 4.69) is 5.32 Å². The molecule has 0 bridgehead atoms. The van der Waals surface area contributed by atoms with Gasteiger partial charge in [-0.25, -0.2) is 0 Å². The zero-order valence-corrected chi connectivity index (χ0v) is 15.6. The molecule has 0 aromatic heterocycles. The molecule has 4 nitrogen and oxygen atoms in total. The summed E-state index contributed by atoms with van der Waals surface area (Å²) in [4.78, 5) is 0. The van der Waals surface area contributed by atoms with Crippen molar-refractivity contribution in [1.29, 1.82) is 0 Å². The molecule has 0 heterocycles. The van der Waals surface area contributed by atoms with Crippen LogP contribution in [0.15, 0.2) is 54.6 Å². The lowest BCUT2D eigenvalue weighted by Crippen LogP contribution is -2.22. The lowest BCUT2D eigenvalue weighted by atomic mass is 10.3. The summed E-state index contributed by atoms with van der Waals surface area (Å²) < 4.78 is 17.0. The number of nitrogens with one attached hydrogen (secondary N) is 1. The van der Waals surface area contributed by atoms with Gasteiger partial charge in [-0.05, 0) is 50.6 Å². The highest BCUT2D eigenvalue weighted by Gasteiger charge is 2.02. The molecule has 0 radical (unpaired) electrons. The van der Waals surface area contributed by atoms with Gasteiger partial charge in [0.15, 0.2) is 11.5 Å². The summed E-state index contributed by atoms with van der Waals surface area (Å²) in [6, 6.07) is 17.7. The van der Waals surface area contributed by atoms with E-state index in [1.165, 1.54) is 0 Å². The van der Waals surface area contributed by atoms with E-state index in [4.69, 9.17) is 14.2 Å². The molecule has 138 valence electrons. The van der Waals surface area contributed by atoms with Crippen molar-refractivity contribution in [2.45, 2.75) is 19.8 Å². The predicted octanol–water partition coefficient (Wildman–Crippen LogP) is 4.33. The molecule has 0 aliphatic heterocycles.